The smallest absolute Gasteiger partial charge is 0.385 e. The van der Waals surface area contributed by atoms with Gasteiger partial charge in [-0.3, -0.25) is 9.59 Å². The number of hydrogen-bond donors (Lipinski definition) is 0. The van der Waals surface area contributed by atoms with E-state index in [1.807, 2.05) is 5.38 Å². The molecule has 1 atom stereocenters. The molecule has 2 aliphatic heterocycles. The summed E-state index contributed by atoms with van der Waals surface area (Å²) in [5.74, 6) is -1.81. The summed E-state index contributed by atoms with van der Waals surface area (Å²) >= 11 is 1.42. The number of thiazole rings is 1. The lowest BCUT2D eigenvalue weighted by molar-refractivity contribution is -0.139. The van der Waals surface area contributed by atoms with Crippen molar-refractivity contribution in [3.63, 3.8) is 0 Å². The van der Waals surface area contributed by atoms with Crippen LogP contribution in [0.15, 0.2) is 51.9 Å². The molecule has 0 N–H and O–H groups in total. The summed E-state index contributed by atoms with van der Waals surface area (Å²) in [6.07, 6.45) is -2.85. The van der Waals surface area contributed by atoms with E-state index in [1.54, 1.807) is 0 Å². The molecular weight excluding hydrogens is 531 g/mol. The quantitative estimate of drug-likeness (QED) is 0.423. The number of benzene rings is 1. The molecular formula is C25H21F5N4O3S. The van der Waals surface area contributed by atoms with E-state index in [-0.39, 0.29) is 23.6 Å². The average molecular weight is 553 g/mol. The fraction of sp³-hybridized carbons (Fsp3) is 0.360. The SMILES string of the molecule is O=C(Cn1cccc(C(F)(F)F)c1=O)N1CCC(c2nc(C3CC(c4c(F)cccc4F)=NO3)cs2)CC1. The molecule has 2 aliphatic rings. The molecule has 0 radical (unpaired) electrons. The van der Waals surface area contributed by atoms with E-state index in [4.69, 9.17) is 4.84 Å². The van der Waals surface area contributed by atoms with Gasteiger partial charge in [0.05, 0.1) is 22.0 Å². The number of pyridine rings is 1. The Morgan fingerprint density at radius 3 is 2.50 bits per heavy atom. The number of nitrogens with zero attached hydrogens (tertiary/aromatic N) is 4. The lowest BCUT2D eigenvalue weighted by Crippen LogP contribution is -2.41. The fourth-order valence-electron chi connectivity index (χ4n) is 4.59. The van der Waals surface area contributed by atoms with Crippen molar-refractivity contribution in [3.8, 4) is 0 Å². The van der Waals surface area contributed by atoms with Crippen LogP contribution in [0, 0.1) is 11.6 Å². The second kappa shape index (κ2) is 10.3. The summed E-state index contributed by atoms with van der Waals surface area (Å²) in [4.78, 5) is 36.4. The van der Waals surface area contributed by atoms with Gasteiger partial charge in [-0.25, -0.2) is 13.8 Å². The number of rotatable bonds is 5. The number of halogens is 5. The van der Waals surface area contributed by atoms with Crippen molar-refractivity contribution in [3.05, 3.63) is 85.7 Å². The summed E-state index contributed by atoms with van der Waals surface area (Å²) in [6, 6.07) is 5.38. The van der Waals surface area contributed by atoms with Gasteiger partial charge in [-0.2, -0.15) is 13.2 Å². The normalized spacial score (nSPS) is 18.4. The van der Waals surface area contributed by atoms with Gasteiger partial charge in [0.1, 0.15) is 23.7 Å². The maximum atomic E-state index is 14.1. The van der Waals surface area contributed by atoms with E-state index in [1.165, 1.54) is 28.5 Å². The van der Waals surface area contributed by atoms with Gasteiger partial charge in [-0.15, -0.1) is 11.3 Å². The Labute approximate surface area is 217 Å². The highest BCUT2D eigenvalue weighted by Crippen LogP contribution is 2.36. The number of carbonyl (C=O) groups excluding carboxylic acids is 1. The zero-order valence-electron chi connectivity index (χ0n) is 19.8. The molecule has 0 bridgehead atoms. The lowest BCUT2D eigenvalue weighted by atomic mass is 9.97. The van der Waals surface area contributed by atoms with Gasteiger partial charge in [0, 0.05) is 37.0 Å². The Balaban J connectivity index is 1.17. The molecule has 1 fully saturated rings. The van der Waals surface area contributed by atoms with Gasteiger partial charge >= 0.3 is 6.18 Å². The highest BCUT2D eigenvalue weighted by molar-refractivity contribution is 7.09. The van der Waals surface area contributed by atoms with Crippen molar-refractivity contribution < 1.29 is 31.6 Å². The molecule has 1 saturated heterocycles. The Kier molecular flexibility index (Phi) is 7.03. The highest BCUT2D eigenvalue weighted by Gasteiger charge is 2.35. The maximum Gasteiger partial charge on any atom is 0.421 e. The van der Waals surface area contributed by atoms with Gasteiger partial charge in [0.25, 0.3) is 5.56 Å². The standard InChI is InChI=1S/C25H21F5N4O3S/c26-16-4-1-5-17(27)22(16)18-11-20(37-32-18)19-13-38-23(31-19)14-6-9-33(10-7-14)21(35)12-34-8-2-3-15(24(34)36)25(28,29)30/h1-5,8,13-14,20H,6-7,9-12H2. The number of aromatic nitrogens is 2. The average Bonchev–Trinajstić information content (AvgIpc) is 3.55. The number of carbonyl (C=O) groups is 1. The minimum atomic E-state index is -4.79. The van der Waals surface area contributed by atoms with E-state index in [9.17, 15) is 31.5 Å². The van der Waals surface area contributed by atoms with E-state index >= 15 is 0 Å². The molecule has 5 rings (SSSR count). The molecule has 200 valence electrons. The predicted molar refractivity (Wildman–Crippen MR) is 128 cm³/mol. The summed E-state index contributed by atoms with van der Waals surface area (Å²) < 4.78 is 68.0. The maximum absolute atomic E-state index is 14.1. The molecule has 38 heavy (non-hydrogen) atoms. The van der Waals surface area contributed by atoms with Crippen LogP contribution >= 0.6 is 11.3 Å². The molecule has 0 saturated carbocycles. The topological polar surface area (TPSA) is 76.8 Å². The summed E-state index contributed by atoms with van der Waals surface area (Å²) in [5.41, 5.74) is -2.00. The molecule has 0 spiro atoms. The van der Waals surface area contributed by atoms with Crippen LogP contribution in [0.5, 0.6) is 0 Å². The molecule has 4 heterocycles. The number of hydrogen-bond acceptors (Lipinski definition) is 6. The third-order valence-corrected chi connectivity index (χ3v) is 7.64. The summed E-state index contributed by atoms with van der Waals surface area (Å²) in [5, 5.41) is 6.51. The molecule has 1 aromatic carbocycles. The van der Waals surface area contributed by atoms with Gasteiger partial charge in [-0.1, -0.05) is 11.2 Å². The summed E-state index contributed by atoms with van der Waals surface area (Å²) in [7, 11) is 0. The largest absolute Gasteiger partial charge is 0.421 e. The van der Waals surface area contributed by atoms with Crippen LogP contribution in [-0.2, 0) is 22.4 Å². The Morgan fingerprint density at radius 1 is 1.11 bits per heavy atom. The van der Waals surface area contributed by atoms with Crippen molar-refractivity contribution in [2.24, 2.45) is 5.16 Å². The van der Waals surface area contributed by atoms with E-state index in [2.05, 4.69) is 10.1 Å². The first-order chi connectivity index (χ1) is 18.1. The monoisotopic (exact) mass is 552 g/mol. The van der Waals surface area contributed by atoms with Gasteiger partial charge in [0.15, 0.2) is 6.10 Å². The first-order valence-corrected chi connectivity index (χ1v) is 12.7. The van der Waals surface area contributed by atoms with Gasteiger partial charge in [-0.05, 0) is 37.1 Å². The highest BCUT2D eigenvalue weighted by atomic mass is 32.1. The summed E-state index contributed by atoms with van der Waals surface area (Å²) in [6.45, 7) is 0.260. The molecule has 7 nitrogen and oxygen atoms in total. The third-order valence-electron chi connectivity index (χ3n) is 6.62. The number of alkyl halides is 3. The van der Waals surface area contributed by atoms with Crippen molar-refractivity contribution in [1.29, 1.82) is 0 Å². The van der Waals surface area contributed by atoms with Crippen molar-refractivity contribution in [1.82, 2.24) is 14.5 Å². The molecule has 0 aliphatic carbocycles. The van der Waals surface area contributed by atoms with Crippen LogP contribution in [0.4, 0.5) is 22.0 Å². The first kappa shape index (κ1) is 26.0. The molecule has 3 aromatic rings. The fourth-order valence-corrected chi connectivity index (χ4v) is 5.62. The van der Waals surface area contributed by atoms with Gasteiger partial charge < -0.3 is 14.3 Å². The number of likely N-dealkylation sites (tertiary alicyclic amines) is 1. The van der Waals surface area contributed by atoms with Crippen molar-refractivity contribution in [2.75, 3.05) is 13.1 Å². The van der Waals surface area contributed by atoms with Crippen molar-refractivity contribution in [2.45, 2.75) is 44.0 Å². The minimum absolute atomic E-state index is 0.0554. The first-order valence-electron chi connectivity index (χ1n) is 11.8. The number of piperidine rings is 1. The Morgan fingerprint density at radius 2 is 1.82 bits per heavy atom. The van der Waals surface area contributed by atoms with E-state index in [0.717, 1.165) is 27.8 Å². The van der Waals surface area contributed by atoms with Crippen LogP contribution in [0.2, 0.25) is 0 Å². The Hall–Kier alpha value is -3.61. The number of amides is 1. The molecule has 13 heteroatoms. The van der Waals surface area contributed by atoms with Crippen LogP contribution in [-0.4, -0.2) is 39.2 Å². The zero-order chi connectivity index (χ0) is 27.0. The van der Waals surface area contributed by atoms with Crippen LogP contribution < -0.4 is 5.56 Å². The predicted octanol–water partition coefficient (Wildman–Crippen LogP) is 4.87. The van der Waals surface area contributed by atoms with E-state index in [0.29, 0.717) is 37.7 Å². The zero-order valence-corrected chi connectivity index (χ0v) is 20.6. The third kappa shape index (κ3) is 5.19. The minimum Gasteiger partial charge on any atom is -0.385 e. The van der Waals surface area contributed by atoms with Crippen LogP contribution in [0.25, 0.3) is 0 Å². The van der Waals surface area contributed by atoms with E-state index < -0.39 is 47.5 Å². The van der Waals surface area contributed by atoms with Crippen LogP contribution in [0.1, 0.15) is 53.1 Å². The van der Waals surface area contributed by atoms with Crippen molar-refractivity contribution >= 4 is 23.0 Å². The molecule has 1 amide bonds. The molecule has 2 aromatic heterocycles. The second-order valence-electron chi connectivity index (χ2n) is 9.05. The lowest BCUT2D eigenvalue weighted by Gasteiger charge is -2.31. The molecule has 1 unspecified atom stereocenters. The second-order valence-corrected chi connectivity index (χ2v) is 9.94. The number of oxime groups is 1. The van der Waals surface area contributed by atoms with Gasteiger partial charge in [0.2, 0.25) is 5.91 Å². The van der Waals surface area contributed by atoms with Crippen LogP contribution in [0.3, 0.4) is 0 Å². The Bertz CT molecular complexity index is 1420.